The van der Waals surface area contributed by atoms with Crippen LogP contribution in [0.2, 0.25) is 0 Å². The van der Waals surface area contributed by atoms with E-state index < -0.39 is 11.2 Å². The number of carbonyl (C=O) groups is 1. The van der Waals surface area contributed by atoms with Crippen LogP contribution in [0.15, 0.2) is 9.59 Å². The third kappa shape index (κ3) is 5.47. The van der Waals surface area contributed by atoms with Gasteiger partial charge in [0.25, 0.3) is 11.5 Å². The Hall–Kier alpha value is -2.09. The van der Waals surface area contributed by atoms with E-state index in [9.17, 15) is 14.4 Å². The predicted molar refractivity (Wildman–Crippen MR) is 112 cm³/mol. The number of hydrogen-bond donors (Lipinski definition) is 3. The maximum atomic E-state index is 13.2. The van der Waals surface area contributed by atoms with Gasteiger partial charge in [0.1, 0.15) is 5.82 Å². The number of aromatic nitrogens is 2. The summed E-state index contributed by atoms with van der Waals surface area (Å²) in [5.41, 5.74) is 5.21. The number of nitrogens with one attached hydrogen (secondary N) is 2. The third-order valence-corrected chi connectivity index (χ3v) is 5.26. The first-order chi connectivity index (χ1) is 13.1. The van der Waals surface area contributed by atoms with Crippen molar-refractivity contribution in [1.82, 2.24) is 9.55 Å². The zero-order chi connectivity index (χ0) is 21.0. The second-order valence-corrected chi connectivity index (χ2v) is 9.01. The number of piperidine rings is 1. The smallest absolute Gasteiger partial charge is 0.330 e. The van der Waals surface area contributed by atoms with Crippen molar-refractivity contribution in [3.05, 3.63) is 20.8 Å². The van der Waals surface area contributed by atoms with Crippen molar-refractivity contribution in [2.75, 3.05) is 36.8 Å². The zero-order valence-electron chi connectivity index (χ0n) is 17.9. The summed E-state index contributed by atoms with van der Waals surface area (Å²) in [4.78, 5) is 43.1. The summed E-state index contributed by atoms with van der Waals surface area (Å²) >= 11 is 0. The van der Waals surface area contributed by atoms with E-state index in [4.69, 9.17) is 5.73 Å². The molecular weight excluding hydrogens is 358 g/mol. The quantitative estimate of drug-likeness (QED) is 0.609. The Morgan fingerprint density at radius 1 is 1.21 bits per heavy atom. The summed E-state index contributed by atoms with van der Waals surface area (Å²) in [5.74, 6) is 0.977. The van der Waals surface area contributed by atoms with E-state index in [1.54, 1.807) is 0 Å². The molecule has 158 valence electrons. The molecule has 0 aromatic carbocycles. The summed E-state index contributed by atoms with van der Waals surface area (Å²) in [6.07, 6.45) is 2.21. The number of anilines is 2. The summed E-state index contributed by atoms with van der Waals surface area (Å²) in [5, 5.41) is 0. The van der Waals surface area contributed by atoms with E-state index in [1.807, 2.05) is 27.7 Å². The van der Waals surface area contributed by atoms with Gasteiger partial charge in [-0.25, -0.2) is 4.79 Å². The maximum absolute atomic E-state index is 13.2. The highest BCUT2D eigenvalue weighted by atomic mass is 16.2. The molecule has 1 aromatic heterocycles. The highest BCUT2D eigenvalue weighted by Crippen LogP contribution is 2.19. The molecule has 0 bridgehead atoms. The van der Waals surface area contributed by atoms with Crippen molar-refractivity contribution < 1.29 is 9.69 Å². The number of amides is 1. The maximum Gasteiger partial charge on any atom is 0.330 e. The van der Waals surface area contributed by atoms with Crippen molar-refractivity contribution in [3.8, 4) is 0 Å². The Balaban J connectivity index is 2.38. The van der Waals surface area contributed by atoms with Gasteiger partial charge in [0.2, 0.25) is 0 Å². The van der Waals surface area contributed by atoms with Gasteiger partial charge in [-0.15, -0.1) is 0 Å². The molecule has 0 radical (unpaired) electrons. The number of hydrogen-bond acceptors (Lipinski definition) is 4. The van der Waals surface area contributed by atoms with E-state index in [0.29, 0.717) is 25.6 Å². The SMILES string of the molecule is CC(C)CN(C(=O)C[NH+]1CCC(C)CC1)c1c(N)n(CC(C)C)c(=O)[nH]c1=O. The molecule has 0 spiro atoms. The number of quaternary nitrogens is 1. The molecule has 2 rings (SSSR count). The molecule has 1 amide bonds. The van der Waals surface area contributed by atoms with Gasteiger partial charge in [-0.2, -0.15) is 0 Å². The van der Waals surface area contributed by atoms with E-state index in [1.165, 1.54) is 14.4 Å². The number of H-pyrrole nitrogens is 1. The molecule has 8 heteroatoms. The van der Waals surface area contributed by atoms with Crippen LogP contribution in [0.5, 0.6) is 0 Å². The fraction of sp³-hybridized carbons (Fsp3) is 0.750. The van der Waals surface area contributed by atoms with Gasteiger partial charge in [-0.3, -0.25) is 24.0 Å². The Kier molecular flexibility index (Phi) is 7.46. The lowest BCUT2D eigenvalue weighted by molar-refractivity contribution is -0.898. The van der Waals surface area contributed by atoms with E-state index in [0.717, 1.165) is 25.9 Å². The molecule has 4 N–H and O–H groups in total. The van der Waals surface area contributed by atoms with Crippen LogP contribution in [0.4, 0.5) is 11.5 Å². The van der Waals surface area contributed by atoms with Crippen LogP contribution in [0.1, 0.15) is 47.5 Å². The summed E-state index contributed by atoms with van der Waals surface area (Å²) in [6.45, 7) is 13.2. The molecular formula is C20H36N5O3+. The predicted octanol–water partition coefficient (Wildman–Crippen LogP) is 0.0786. The normalized spacial score (nSPS) is 20.0. The second-order valence-electron chi connectivity index (χ2n) is 9.01. The molecule has 1 fully saturated rings. The lowest BCUT2D eigenvalue weighted by atomic mass is 9.99. The van der Waals surface area contributed by atoms with Crippen molar-refractivity contribution in [2.24, 2.45) is 17.8 Å². The van der Waals surface area contributed by atoms with Gasteiger partial charge in [-0.05, 0) is 30.6 Å². The second kappa shape index (κ2) is 9.41. The number of likely N-dealkylation sites (tertiary alicyclic amines) is 1. The van der Waals surface area contributed by atoms with Gasteiger partial charge >= 0.3 is 5.69 Å². The van der Waals surface area contributed by atoms with Gasteiger partial charge in [-0.1, -0.05) is 34.6 Å². The molecule has 0 aliphatic carbocycles. The van der Waals surface area contributed by atoms with Crippen LogP contribution in [0.25, 0.3) is 0 Å². The van der Waals surface area contributed by atoms with Gasteiger partial charge in [0.15, 0.2) is 12.2 Å². The van der Waals surface area contributed by atoms with Crippen molar-refractivity contribution in [3.63, 3.8) is 0 Å². The first kappa shape index (κ1) is 22.2. The summed E-state index contributed by atoms with van der Waals surface area (Å²) < 4.78 is 1.36. The molecule has 1 aliphatic rings. The number of carbonyl (C=O) groups excluding carboxylic acids is 1. The number of nitrogen functional groups attached to an aromatic ring is 1. The van der Waals surface area contributed by atoms with Crippen molar-refractivity contribution in [1.29, 1.82) is 0 Å². The molecule has 28 heavy (non-hydrogen) atoms. The third-order valence-electron chi connectivity index (χ3n) is 5.26. The van der Waals surface area contributed by atoms with Gasteiger partial charge < -0.3 is 10.6 Å². The fourth-order valence-electron chi connectivity index (χ4n) is 3.72. The van der Waals surface area contributed by atoms with E-state index >= 15 is 0 Å². The number of nitrogens with two attached hydrogens (primary N) is 1. The highest BCUT2D eigenvalue weighted by Gasteiger charge is 2.29. The average Bonchev–Trinajstić information content (AvgIpc) is 2.59. The molecule has 8 nitrogen and oxygen atoms in total. The van der Waals surface area contributed by atoms with Crippen LogP contribution in [-0.4, -0.2) is 41.6 Å². The Bertz CT molecular complexity index is 788. The zero-order valence-corrected chi connectivity index (χ0v) is 17.9. The van der Waals surface area contributed by atoms with Gasteiger partial charge in [0.05, 0.1) is 13.1 Å². The van der Waals surface area contributed by atoms with Crippen LogP contribution >= 0.6 is 0 Å². The molecule has 0 unspecified atom stereocenters. The minimum atomic E-state index is -0.598. The molecule has 1 aromatic rings. The first-order valence-corrected chi connectivity index (χ1v) is 10.4. The molecule has 2 heterocycles. The summed E-state index contributed by atoms with van der Waals surface area (Å²) in [7, 11) is 0. The minimum Gasteiger partial charge on any atom is -0.383 e. The average molecular weight is 395 g/mol. The molecule has 1 aliphatic heterocycles. The fourth-order valence-corrected chi connectivity index (χ4v) is 3.72. The molecule has 0 saturated carbocycles. The molecule has 1 saturated heterocycles. The molecule has 0 atom stereocenters. The Morgan fingerprint density at radius 2 is 1.82 bits per heavy atom. The minimum absolute atomic E-state index is 0.0683. The Morgan fingerprint density at radius 3 is 2.36 bits per heavy atom. The van der Waals surface area contributed by atoms with Gasteiger partial charge in [0, 0.05) is 13.1 Å². The largest absolute Gasteiger partial charge is 0.383 e. The van der Waals surface area contributed by atoms with E-state index in [2.05, 4.69) is 11.9 Å². The standard InChI is InChI=1S/C20H35N5O3/c1-13(2)10-24(16(26)12-23-8-6-15(5)7-9-23)17-18(21)25(11-14(3)4)20(28)22-19(17)27/h13-15H,6-12,21H2,1-5H3,(H,22,27,28)/p+1. The monoisotopic (exact) mass is 394 g/mol. The van der Waals surface area contributed by atoms with Crippen molar-refractivity contribution in [2.45, 2.75) is 54.0 Å². The Labute approximate surface area is 166 Å². The topological polar surface area (TPSA) is 106 Å². The first-order valence-electron chi connectivity index (χ1n) is 10.4. The highest BCUT2D eigenvalue weighted by molar-refractivity contribution is 5.96. The lowest BCUT2D eigenvalue weighted by Crippen LogP contribution is -3.14. The number of nitrogens with zero attached hydrogens (tertiary/aromatic N) is 2. The van der Waals surface area contributed by atoms with Crippen LogP contribution < -0.4 is 26.8 Å². The number of rotatable bonds is 7. The van der Waals surface area contributed by atoms with Crippen LogP contribution in [-0.2, 0) is 11.3 Å². The van der Waals surface area contributed by atoms with E-state index in [-0.39, 0.29) is 29.2 Å². The van der Waals surface area contributed by atoms with Crippen LogP contribution in [0.3, 0.4) is 0 Å². The lowest BCUT2D eigenvalue weighted by Gasteiger charge is -2.30. The summed E-state index contributed by atoms with van der Waals surface area (Å²) in [6, 6.07) is 0. The number of aromatic amines is 1. The van der Waals surface area contributed by atoms with Crippen molar-refractivity contribution >= 4 is 17.4 Å². The van der Waals surface area contributed by atoms with Crippen LogP contribution in [0, 0.1) is 17.8 Å².